The second-order valence-electron chi connectivity index (χ2n) is 7.65. The number of urea groups is 1. The van der Waals surface area contributed by atoms with Crippen LogP contribution in [0.25, 0.3) is 0 Å². The lowest BCUT2D eigenvalue weighted by Crippen LogP contribution is -2.56. The van der Waals surface area contributed by atoms with Crippen LogP contribution in [-0.4, -0.2) is 52.1 Å². The summed E-state index contributed by atoms with van der Waals surface area (Å²) in [5.41, 5.74) is 2.22. The first-order valence-corrected chi connectivity index (χ1v) is 10.0. The lowest BCUT2D eigenvalue weighted by molar-refractivity contribution is -0.139. The predicted octanol–water partition coefficient (Wildman–Crippen LogP) is 3.24. The van der Waals surface area contributed by atoms with Gasteiger partial charge in [-0.25, -0.2) is 4.79 Å². The second kappa shape index (κ2) is 9.60. The average molecular weight is 399 g/mol. The van der Waals surface area contributed by atoms with Crippen LogP contribution in [0.15, 0.2) is 47.1 Å². The van der Waals surface area contributed by atoms with Gasteiger partial charge in [-0.05, 0) is 44.0 Å². The zero-order valence-corrected chi connectivity index (χ0v) is 17.0. The molecule has 1 saturated carbocycles. The van der Waals surface area contributed by atoms with Crippen molar-refractivity contribution in [2.24, 2.45) is 0 Å². The Hall–Kier alpha value is -2.80. The highest BCUT2D eigenvalue weighted by Crippen LogP contribution is 2.26. The minimum absolute atomic E-state index is 0.0415. The fraction of sp³-hybridized carbons (Fsp3) is 0.455. The molecule has 3 rings (SSSR count). The van der Waals surface area contributed by atoms with E-state index in [9.17, 15) is 9.59 Å². The number of rotatable bonds is 9. The molecule has 2 amide bonds. The van der Waals surface area contributed by atoms with Gasteiger partial charge in [0.1, 0.15) is 5.76 Å². The van der Waals surface area contributed by atoms with Gasteiger partial charge in [-0.3, -0.25) is 9.69 Å². The summed E-state index contributed by atoms with van der Waals surface area (Å²) in [4.78, 5) is 27.6. The standard InChI is InChI=1S/C22H29N3O4/c1-3-24(15-21(26)27)19-11-18(12-19)23-22(28)25(14-20-8-5-9-29-20)13-17-7-4-6-16(2)10-17/h4-10,18-19H,3,11-15H2,1-2H3,(H,23,28)(H,26,27). The molecule has 0 unspecified atom stereocenters. The van der Waals surface area contributed by atoms with Crippen LogP contribution in [0.2, 0.25) is 0 Å². The van der Waals surface area contributed by atoms with Crippen molar-refractivity contribution in [3.63, 3.8) is 0 Å². The molecule has 1 aromatic carbocycles. The smallest absolute Gasteiger partial charge is 0.318 e. The second-order valence-corrected chi connectivity index (χ2v) is 7.65. The number of benzene rings is 1. The maximum atomic E-state index is 13.0. The summed E-state index contributed by atoms with van der Waals surface area (Å²) >= 11 is 0. The number of furan rings is 1. The fourth-order valence-corrected chi connectivity index (χ4v) is 3.76. The lowest BCUT2D eigenvalue weighted by Gasteiger charge is -2.42. The average Bonchev–Trinajstić information content (AvgIpc) is 3.15. The normalized spacial score (nSPS) is 18.3. The van der Waals surface area contributed by atoms with Crippen molar-refractivity contribution >= 4 is 12.0 Å². The lowest BCUT2D eigenvalue weighted by atomic mass is 9.85. The minimum atomic E-state index is -0.817. The quantitative estimate of drug-likeness (QED) is 0.676. The molecule has 0 aliphatic heterocycles. The number of nitrogens with zero attached hydrogens (tertiary/aromatic N) is 2. The number of hydrogen-bond donors (Lipinski definition) is 2. The van der Waals surface area contributed by atoms with Gasteiger partial charge in [0.25, 0.3) is 0 Å². The summed E-state index contributed by atoms with van der Waals surface area (Å²) < 4.78 is 5.44. The molecule has 2 aromatic rings. The highest BCUT2D eigenvalue weighted by Gasteiger charge is 2.35. The summed E-state index contributed by atoms with van der Waals surface area (Å²) in [7, 11) is 0. The number of carboxylic acid groups (broad SMARTS) is 1. The van der Waals surface area contributed by atoms with Crippen LogP contribution in [0.1, 0.15) is 36.7 Å². The number of carbonyl (C=O) groups is 2. The van der Waals surface area contributed by atoms with Crippen molar-refractivity contribution in [2.45, 2.75) is 51.9 Å². The topological polar surface area (TPSA) is 86.0 Å². The largest absolute Gasteiger partial charge is 0.480 e. The van der Waals surface area contributed by atoms with Crippen LogP contribution < -0.4 is 5.32 Å². The molecule has 0 atom stereocenters. The number of hydrogen-bond acceptors (Lipinski definition) is 4. The van der Waals surface area contributed by atoms with Crippen LogP contribution in [0.5, 0.6) is 0 Å². The first-order chi connectivity index (χ1) is 13.9. The number of carboxylic acids is 1. The Balaban J connectivity index is 1.59. The number of likely N-dealkylation sites (N-methyl/N-ethyl adjacent to an activating group) is 1. The molecule has 0 spiro atoms. The van der Waals surface area contributed by atoms with E-state index in [0.717, 1.165) is 29.7 Å². The van der Waals surface area contributed by atoms with E-state index in [1.54, 1.807) is 11.2 Å². The van der Waals surface area contributed by atoms with Crippen LogP contribution in [0.3, 0.4) is 0 Å². The Labute approximate surface area is 171 Å². The Morgan fingerprint density at radius 1 is 1.21 bits per heavy atom. The van der Waals surface area contributed by atoms with Gasteiger partial charge in [-0.1, -0.05) is 36.8 Å². The Morgan fingerprint density at radius 2 is 2.00 bits per heavy atom. The molecular weight excluding hydrogens is 370 g/mol. The van der Waals surface area contributed by atoms with E-state index in [2.05, 4.69) is 11.4 Å². The number of amides is 2. The van der Waals surface area contributed by atoms with E-state index in [0.29, 0.717) is 19.6 Å². The summed E-state index contributed by atoms with van der Waals surface area (Å²) in [5.74, 6) is -0.0833. The zero-order chi connectivity index (χ0) is 20.8. The third-order valence-electron chi connectivity index (χ3n) is 5.37. The van der Waals surface area contributed by atoms with Gasteiger partial charge in [-0.2, -0.15) is 0 Å². The molecule has 7 nitrogen and oxygen atoms in total. The molecule has 29 heavy (non-hydrogen) atoms. The Bertz CT molecular complexity index is 815. The van der Waals surface area contributed by atoms with E-state index in [4.69, 9.17) is 9.52 Å². The van der Waals surface area contributed by atoms with Crippen LogP contribution in [-0.2, 0) is 17.9 Å². The van der Waals surface area contributed by atoms with Gasteiger partial charge in [0.15, 0.2) is 0 Å². The van der Waals surface area contributed by atoms with E-state index >= 15 is 0 Å². The molecular formula is C22H29N3O4. The summed E-state index contributed by atoms with van der Waals surface area (Å²) in [6, 6.07) is 11.9. The minimum Gasteiger partial charge on any atom is -0.480 e. The molecule has 1 aromatic heterocycles. The number of nitrogens with one attached hydrogen (secondary N) is 1. The van der Waals surface area contributed by atoms with E-state index in [1.807, 2.05) is 49.1 Å². The first-order valence-electron chi connectivity index (χ1n) is 10.0. The third kappa shape index (κ3) is 5.84. The first kappa shape index (κ1) is 20.9. The predicted molar refractivity (Wildman–Crippen MR) is 109 cm³/mol. The fourth-order valence-electron chi connectivity index (χ4n) is 3.76. The molecule has 1 fully saturated rings. The van der Waals surface area contributed by atoms with Crippen LogP contribution in [0, 0.1) is 6.92 Å². The van der Waals surface area contributed by atoms with Crippen molar-refractivity contribution in [2.75, 3.05) is 13.1 Å². The van der Waals surface area contributed by atoms with E-state index in [-0.39, 0.29) is 24.7 Å². The van der Waals surface area contributed by atoms with Crippen molar-refractivity contribution in [3.05, 3.63) is 59.5 Å². The monoisotopic (exact) mass is 399 g/mol. The third-order valence-corrected chi connectivity index (χ3v) is 5.37. The van der Waals surface area contributed by atoms with Gasteiger partial charge in [0.05, 0.1) is 19.4 Å². The molecule has 7 heteroatoms. The van der Waals surface area contributed by atoms with Gasteiger partial charge in [0.2, 0.25) is 0 Å². The summed E-state index contributed by atoms with van der Waals surface area (Å²) in [6.07, 6.45) is 3.15. The van der Waals surface area contributed by atoms with Crippen LogP contribution in [0.4, 0.5) is 4.79 Å². The number of aliphatic carboxylic acids is 1. The Kier molecular flexibility index (Phi) is 6.93. The molecule has 1 heterocycles. The molecule has 156 valence electrons. The molecule has 2 N–H and O–H groups in total. The van der Waals surface area contributed by atoms with Crippen molar-refractivity contribution in [3.8, 4) is 0 Å². The molecule has 0 saturated heterocycles. The van der Waals surface area contributed by atoms with E-state index < -0.39 is 5.97 Å². The highest BCUT2D eigenvalue weighted by molar-refractivity contribution is 5.74. The van der Waals surface area contributed by atoms with Gasteiger partial charge >= 0.3 is 12.0 Å². The van der Waals surface area contributed by atoms with Gasteiger partial charge in [-0.15, -0.1) is 0 Å². The molecule has 0 radical (unpaired) electrons. The van der Waals surface area contributed by atoms with Gasteiger partial charge < -0.3 is 19.7 Å². The summed E-state index contributed by atoms with van der Waals surface area (Å²) in [6.45, 7) is 5.61. The number of carbonyl (C=O) groups excluding carboxylic acids is 1. The summed E-state index contributed by atoms with van der Waals surface area (Å²) in [5, 5.41) is 12.1. The number of aryl methyl sites for hydroxylation is 1. The van der Waals surface area contributed by atoms with Gasteiger partial charge in [0, 0.05) is 18.6 Å². The van der Waals surface area contributed by atoms with E-state index in [1.165, 1.54) is 0 Å². The molecule has 0 bridgehead atoms. The molecule has 1 aliphatic rings. The maximum Gasteiger partial charge on any atom is 0.318 e. The van der Waals surface area contributed by atoms with Crippen molar-refractivity contribution in [1.29, 1.82) is 0 Å². The van der Waals surface area contributed by atoms with Crippen molar-refractivity contribution < 1.29 is 19.1 Å². The maximum absolute atomic E-state index is 13.0. The van der Waals surface area contributed by atoms with Crippen molar-refractivity contribution in [1.82, 2.24) is 15.1 Å². The Morgan fingerprint density at radius 3 is 2.62 bits per heavy atom. The molecule has 1 aliphatic carbocycles. The SMILES string of the molecule is CCN(CC(=O)O)C1CC(NC(=O)N(Cc2cccc(C)c2)Cc2ccco2)C1. The highest BCUT2D eigenvalue weighted by atomic mass is 16.4. The zero-order valence-electron chi connectivity index (χ0n) is 17.0. The van der Waals surface area contributed by atoms with Crippen LogP contribution >= 0.6 is 0 Å².